The summed E-state index contributed by atoms with van der Waals surface area (Å²) in [6, 6.07) is 1.95. The maximum Gasteiger partial charge on any atom is 0.229 e. The quantitative estimate of drug-likeness (QED) is 0.630. The average Bonchev–Trinajstić information content (AvgIpc) is 2.50. The second-order valence-corrected chi connectivity index (χ2v) is 5.55. The minimum atomic E-state index is 0.114. The molecule has 1 aliphatic heterocycles. The fraction of sp³-hybridized carbons (Fsp3) is 0.400. The number of amides is 1. The first-order chi connectivity index (χ1) is 7.08. The van der Waals surface area contributed by atoms with Gasteiger partial charge in [-0.1, -0.05) is 0 Å². The molecule has 1 aliphatic rings. The molecule has 0 N–H and O–H groups in total. The Hall–Kier alpha value is -0.300. The van der Waals surface area contributed by atoms with Crippen LogP contribution in [0.4, 0.5) is 5.82 Å². The van der Waals surface area contributed by atoms with Crippen molar-refractivity contribution < 1.29 is 4.79 Å². The van der Waals surface area contributed by atoms with Crippen molar-refractivity contribution in [1.82, 2.24) is 4.98 Å². The molecule has 0 saturated carbocycles. The molecule has 15 heavy (non-hydrogen) atoms. The number of carbonyl (C=O) groups is 1. The van der Waals surface area contributed by atoms with E-state index in [9.17, 15) is 4.79 Å². The summed E-state index contributed by atoms with van der Waals surface area (Å²) in [7, 11) is 0. The van der Waals surface area contributed by atoms with Crippen LogP contribution in [0, 0.1) is 10.5 Å². The summed E-state index contributed by atoms with van der Waals surface area (Å²) >= 11 is 6.55. The van der Waals surface area contributed by atoms with E-state index in [1.807, 2.05) is 13.0 Å². The van der Waals surface area contributed by atoms with Gasteiger partial charge in [-0.15, -0.1) is 0 Å². The molecule has 2 rings (SSSR count). The van der Waals surface area contributed by atoms with E-state index in [1.165, 1.54) is 0 Å². The van der Waals surface area contributed by atoms with Gasteiger partial charge in [0, 0.05) is 28.0 Å². The van der Waals surface area contributed by atoms with Crippen LogP contribution in [0.3, 0.4) is 0 Å². The molecule has 0 spiro atoms. The van der Waals surface area contributed by atoms with E-state index in [-0.39, 0.29) is 11.2 Å². The molecule has 1 saturated heterocycles. The number of thiol groups is 1. The lowest BCUT2D eigenvalue weighted by Crippen LogP contribution is -2.25. The number of hydrogen-bond acceptors (Lipinski definition) is 3. The number of carbonyl (C=O) groups excluding carboxylic acids is 1. The Balaban J connectivity index is 2.30. The van der Waals surface area contributed by atoms with Crippen molar-refractivity contribution in [2.75, 3.05) is 11.4 Å². The highest BCUT2D eigenvalue weighted by Gasteiger charge is 2.29. The normalized spacial score (nSPS) is 21.1. The fourth-order valence-corrected chi connectivity index (χ4v) is 2.20. The van der Waals surface area contributed by atoms with Gasteiger partial charge in [0.2, 0.25) is 5.91 Å². The van der Waals surface area contributed by atoms with Crippen LogP contribution in [0.15, 0.2) is 12.3 Å². The van der Waals surface area contributed by atoms with Crippen LogP contribution >= 0.6 is 35.2 Å². The molecule has 3 nitrogen and oxygen atoms in total. The molecule has 1 fully saturated rings. The Kier molecular flexibility index (Phi) is 3.20. The average molecular weight is 334 g/mol. The van der Waals surface area contributed by atoms with E-state index in [1.54, 1.807) is 11.1 Å². The van der Waals surface area contributed by atoms with Gasteiger partial charge in [-0.05, 0) is 41.1 Å². The molecule has 0 bridgehead atoms. The van der Waals surface area contributed by atoms with Gasteiger partial charge in [0.25, 0.3) is 0 Å². The number of anilines is 1. The van der Waals surface area contributed by atoms with E-state index in [2.05, 4.69) is 40.2 Å². The molecule has 1 unspecified atom stereocenters. The molecular weight excluding hydrogens is 323 g/mol. The molecule has 1 aromatic heterocycles. The molecule has 1 atom stereocenters. The number of nitrogens with zero attached hydrogens (tertiary/aromatic N) is 2. The van der Waals surface area contributed by atoms with Gasteiger partial charge in [0.05, 0.1) is 0 Å². The minimum absolute atomic E-state index is 0.114. The Labute approximate surface area is 108 Å². The summed E-state index contributed by atoms with van der Waals surface area (Å²) < 4.78 is 1.12. The lowest BCUT2D eigenvalue weighted by atomic mass is 10.3. The maximum atomic E-state index is 11.6. The zero-order valence-corrected chi connectivity index (χ0v) is 11.3. The predicted molar refractivity (Wildman–Crippen MR) is 71.4 cm³/mol. The standard InChI is InChI=1S/C10H11IN2OS/c1-6-2-9(12-4-8(6)11)13-5-7(15)3-10(13)14/h2,4,7,15H,3,5H2,1H3. The molecular formula is C10H11IN2OS. The topological polar surface area (TPSA) is 33.2 Å². The lowest BCUT2D eigenvalue weighted by molar-refractivity contribution is -0.117. The summed E-state index contributed by atoms with van der Waals surface area (Å²) in [5.41, 5.74) is 1.15. The summed E-state index contributed by atoms with van der Waals surface area (Å²) in [4.78, 5) is 17.6. The number of aryl methyl sites for hydroxylation is 1. The zero-order chi connectivity index (χ0) is 11.0. The Morgan fingerprint density at radius 1 is 1.67 bits per heavy atom. The van der Waals surface area contributed by atoms with Gasteiger partial charge >= 0.3 is 0 Å². The van der Waals surface area contributed by atoms with Gasteiger partial charge in [0.1, 0.15) is 5.82 Å². The van der Waals surface area contributed by atoms with Gasteiger partial charge in [-0.25, -0.2) is 4.98 Å². The third kappa shape index (κ3) is 2.28. The lowest BCUT2D eigenvalue weighted by Gasteiger charge is -2.15. The monoisotopic (exact) mass is 334 g/mol. The van der Waals surface area contributed by atoms with Crippen LogP contribution in [0.1, 0.15) is 12.0 Å². The summed E-state index contributed by atoms with van der Waals surface area (Å²) in [6.45, 7) is 2.68. The smallest absolute Gasteiger partial charge is 0.229 e. The van der Waals surface area contributed by atoms with Gasteiger partial charge in [-0.3, -0.25) is 9.69 Å². The zero-order valence-electron chi connectivity index (χ0n) is 8.27. The largest absolute Gasteiger partial charge is 0.296 e. The number of hydrogen-bond donors (Lipinski definition) is 1. The highest BCUT2D eigenvalue weighted by Crippen LogP contribution is 2.24. The number of aromatic nitrogens is 1. The first kappa shape index (κ1) is 11.2. The minimum Gasteiger partial charge on any atom is -0.296 e. The highest BCUT2D eigenvalue weighted by molar-refractivity contribution is 14.1. The molecule has 0 aromatic carbocycles. The van der Waals surface area contributed by atoms with E-state index in [4.69, 9.17) is 0 Å². The van der Waals surface area contributed by atoms with Crippen molar-refractivity contribution in [1.29, 1.82) is 0 Å². The van der Waals surface area contributed by atoms with Crippen molar-refractivity contribution in [3.63, 3.8) is 0 Å². The van der Waals surface area contributed by atoms with E-state index >= 15 is 0 Å². The molecule has 1 aromatic rings. The second-order valence-electron chi connectivity index (χ2n) is 3.65. The first-order valence-electron chi connectivity index (χ1n) is 4.68. The summed E-state index contributed by atoms with van der Waals surface area (Å²) in [5, 5.41) is 0.138. The van der Waals surface area contributed by atoms with Crippen LogP contribution in [0.2, 0.25) is 0 Å². The molecule has 0 radical (unpaired) electrons. The molecule has 0 aliphatic carbocycles. The van der Waals surface area contributed by atoms with Crippen molar-refractivity contribution in [2.24, 2.45) is 0 Å². The van der Waals surface area contributed by atoms with Gasteiger partial charge in [-0.2, -0.15) is 12.6 Å². The first-order valence-corrected chi connectivity index (χ1v) is 6.28. The van der Waals surface area contributed by atoms with Crippen LogP contribution in [0.25, 0.3) is 0 Å². The number of rotatable bonds is 1. The Morgan fingerprint density at radius 2 is 2.40 bits per heavy atom. The summed E-state index contributed by atoms with van der Waals surface area (Å²) in [6.07, 6.45) is 2.31. The maximum absolute atomic E-state index is 11.6. The number of pyridine rings is 1. The predicted octanol–water partition coefficient (Wildman–Crippen LogP) is 2.03. The fourth-order valence-electron chi connectivity index (χ4n) is 1.58. The van der Waals surface area contributed by atoms with E-state index in [0.717, 1.165) is 15.0 Å². The SMILES string of the molecule is Cc1cc(N2CC(S)CC2=O)ncc1I. The van der Waals surface area contributed by atoms with E-state index < -0.39 is 0 Å². The Bertz CT molecular complexity index is 410. The Morgan fingerprint density at radius 3 is 2.93 bits per heavy atom. The molecule has 2 heterocycles. The van der Waals surface area contributed by atoms with Crippen molar-refractivity contribution in [2.45, 2.75) is 18.6 Å². The molecule has 1 amide bonds. The van der Waals surface area contributed by atoms with Crippen molar-refractivity contribution in [3.8, 4) is 0 Å². The second kappa shape index (κ2) is 4.29. The van der Waals surface area contributed by atoms with Crippen LogP contribution in [0.5, 0.6) is 0 Å². The van der Waals surface area contributed by atoms with Crippen LogP contribution in [-0.4, -0.2) is 22.7 Å². The van der Waals surface area contributed by atoms with Crippen molar-refractivity contribution >= 4 is 46.9 Å². The molecule has 80 valence electrons. The van der Waals surface area contributed by atoms with Crippen molar-refractivity contribution in [3.05, 3.63) is 21.4 Å². The highest BCUT2D eigenvalue weighted by atomic mass is 127. The van der Waals surface area contributed by atoms with Gasteiger partial charge < -0.3 is 0 Å². The third-order valence-electron chi connectivity index (χ3n) is 2.41. The molecule has 5 heteroatoms. The van der Waals surface area contributed by atoms with Gasteiger partial charge in [0.15, 0.2) is 0 Å². The van der Waals surface area contributed by atoms with Crippen LogP contribution in [-0.2, 0) is 4.79 Å². The summed E-state index contributed by atoms with van der Waals surface area (Å²) in [5.74, 6) is 0.859. The third-order valence-corrected chi connectivity index (χ3v) is 3.89. The van der Waals surface area contributed by atoms with Crippen LogP contribution < -0.4 is 4.90 Å². The number of halogens is 1. The van der Waals surface area contributed by atoms with E-state index in [0.29, 0.717) is 13.0 Å².